The zero-order chi connectivity index (χ0) is 16.9. The lowest BCUT2D eigenvalue weighted by Gasteiger charge is -2.04. The molecule has 2 aromatic carbocycles. The van der Waals surface area contributed by atoms with Gasteiger partial charge in [-0.2, -0.15) is 0 Å². The maximum Gasteiger partial charge on any atom is 0.149 e. The van der Waals surface area contributed by atoms with E-state index in [0.717, 1.165) is 0 Å². The average molecular weight is 440 g/mol. The van der Waals surface area contributed by atoms with Gasteiger partial charge in [0.25, 0.3) is 0 Å². The number of hydrogen-bond acceptors (Lipinski definition) is 4. The van der Waals surface area contributed by atoms with Crippen LogP contribution < -0.4 is 20.9 Å². The maximum absolute atomic E-state index is 12.8. The molecule has 0 aromatic heterocycles. The van der Waals surface area contributed by atoms with E-state index in [1.165, 1.54) is 38.5 Å². The summed E-state index contributed by atoms with van der Waals surface area (Å²) in [4.78, 5) is 0. The van der Waals surface area contributed by atoms with E-state index < -0.39 is 5.82 Å². The molecule has 0 atom stereocenters. The van der Waals surface area contributed by atoms with Crippen LogP contribution in [0.25, 0.3) is 0 Å². The minimum Gasteiger partial charge on any atom is -0.495 e. The number of nitrogen functional groups attached to an aromatic ring is 2. The first-order valence-corrected chi connectivity index (χ1v) is 7.45. The molecule has 0 aliphatic heterocycles. The maximum atomic E-state index is 12.8. The number of anilines is 2. The summed E-state index contributed by atoms with van der Waals surface area (Å²) in [6.07, 6.45) is 0. The third kappa shape index (κ3) is 4.74. The van der Waals surface area contributed by atoms with Gasteiger partial charge in [0.15, 0.2) is 0 Å². The van der Waals surface area contributed by atoms with Crippen LogP contribution >= 0.6 is 31.9 Å². The lowest BCUT2D eigenvalue weighted by Crippen LogP contribution is -1.93. The Hall–Kier alpha value is -1.54. The van der Waals surface area contributed by atoms with Crippen molar-refractivity contribution in [2.24, 2.45) is 0 Å². The van der Waals surface area contributed by atoms with Crippen molar-refractivity contribution in [1.29, 1.82) is 0 Å². The van der Waals surface area contributed by atoms with Gasteiger partial charge in [-0.1, -0.05) is 0 Å². The first-order valence-electron chi connectivity index (χ1n) is 5.87. The summed E-state index contributed by atoms with van der Waals surface area (Å²) in [7, 11) is 2.91. The molecule has 0 spiro atoms. The molecule has 0 unspecified atom stereocenters. The van der Waals surface area contributed by atoms with E-state index in [4.69, 9.17) is 20.9 Å². The summed E-state index contributed by atoms with van der Waals surface area (Å²) in [6, 6.07) is 5.40. The predicted molar refractivity (Wildman–Crippen MR) is 90.1 cm³/mol. The molecule has 0 amide bonds. The minimum absolute atomic E-state index is 0.109. The summed E-state index contributed by atoms with van der Waals surface area (Å²) < 4.78 is 36.1. The van der Waals surface area contributed by atoms with E-state index in [0.29, 0.717) is 26.1 Å². The van der Waals surface area contributed by atoms with Gasteiger partial charge >= 0.3 is 0 Å². The van der Waals surface area contributed by atoms with Gasteiger partial charge < -0.3 is 20.9 Å². The van der Waals surface area contributed by atoms with E-state index in [2.05, 4.69) is 31.9 Å². The van der Waals surface area contributed by atoms with Gasteiger partial charge in [0, 0.05) is 12.1 Å². The summed E-state index contributed by atoms with van der Waals surface area (Å²) in [5, 5.41) is 0. The predicted octanol–water partition coefficient (Wildman–Crippen LogP) is 4.36. The van der Waals surface area contributed by atoms with E-state index >= 15 is 0 Å². The normalized spacial score (nSPS) is 9.73. The van der Waals surface area contributed by atoms with Gasteiger partial charge in [0.2, 0.25) is 0 Å². The summed E-state index contributed by atoms with van der Waals surface area (Å²) >= 11 is 6.17. The van der Waals surface area contributed by atoms with Gasteiger partial charge in [0.05, 0.1) is 34.5 Å². The molecule has 0 fully saturated rings. The van der Waals surface area contributed by atoms with Crippen molar-refractivity contribution in [2.75, 3.05) is 25.7 Å². The fourth-order valence-corrected chi connectivity index (χ4v) is 2.31. The molecule has 2 rings (SSSR count). The standard InChI is InChI=1S/2C7H7BrFNO/c1-11-7-3-5(9)6(10)2-4(7)8;1-11-7-3-5(9)4(8)2-6(7)10/h2*2-3H,10H2,1H3. The topological polar surface area (TPSA) is 70.5 Å². The monoisotopic (exact) mass is 438 g/mol. The molecule has 2 aromatic rings. The zero-order valence-corrected chi connectivity index (χ0v) is 15.0. The molecular formula is C14H14Br2F2N2O2. The Balaban J connectivity index is 0.000000220. The van der Waals surface area contributed by atoms with Crippen LogP contribution in [0, 0.1) is 11.6 Å². The molecule has 0 heterocycles. The van der Waals surface area contributed by atoms with Crippen LogP contribution in [0.5, 0.6) is 11.5 Å². The van der Waals surface area contributed by atoms with Gasteiger partial charge in [0.1, 0.15) is 23.1 Å². The average Bonchev–Trinajstić information content (AvgIpc) is 2.47. The molecule has 120 valence electrons. The second-order valence-corrected chi connectivity index (χ2v) is 5.73. The van der Waals surface area contributed by atoms with Crippen molar-refractivity contribution in [2.45, 2.75) is 0 Å². The van der Waals surface area contributed by atoms with Gasteiger partial charge in [-0.3, -0.25) is 0 Å². The zero-order valence-electron chi connectivity index (χ0n) is 11.8. The van der Waals surface area contributed by atoms with Crippen molar-refractivity contribution in [3.63, 3.8) is 0 Å². The van der Waals surface area contributed by atoms with Crippen molar-refractivity contribution >= 4 is 43.2 Å². The van der Waals surface area contributed by atoms with Crippen LogP contribution in [0.1, 0.15) is 0 Å². The van der Waals surface area contributed by atoms with Crippen molar-refractivity contribution in [1.82, 2.24) is 0 Å². The van der Waals surface area contributed by atoms with Crippen LogP contribution in [-0.4, -0.2) is 14.2 Å². The molecule has 8 heteroatoms. The minimum atomic E-state index is -0.468. The van der Waals surface area contributed by atoms with E-state index in [1.807, 2.05) is 0 Å². The van der Waals surface area contributed by atoms with Crippen LogP contribution in [0.3, 0.4) is 0 Å². The summed E-state index contributed by atoms with van der Waals surface area (Å²) in [5.74, 6) is -0.0523. The highest BCUT2D eigenvalue weighted by molar-refractivity contribution is 9.10. The van der Waals surface area contributed by atoms with Crippen molar-refractivity contribution in [3.05, 3.63) is 44.8 Å². The molecule has 0 aliphatic carbocycles. The van der Waals surface area contributed by atoms with Gasteiger partial charge in [-0.05, 0) is 44.0 Å². The number of halogens is 4. The Morgan fingerprint density at radius 1 is 0.773 bits per heavy atom. The smallest absolute Gasteiger partial charge is 0.149 e. The molecule has 0 saturated carbocycles. The SMILES string of the molecule is COc1cc(F)c(Br)cc1N.COc1cc(F)c(N)cc1Br. The van der Waals surface area contributed by atoms with E-state index in [-0.39, 0.29) is 11.5 Å². The molecule has 0 radical (unpaired) electrons. The quantitative estimate of drug-likeness (QED) is 0.682. The molecule has 4 nitrogen and oxygen atoms in total. The molecule has 4 N–H and O–H groups in total. The highest BCUT2D eigenvalue weighted by Gasteiger charge is 2.05. The Morgan fingerprint density at radius 2 is 1.27 bits per heavy atom. The van der Waals surface area contributed by atoms with Gasteiger partial charge in [-0.15, -0.1) is 0 Å². The van der Waals surface area contributed by atoms with Crippen molar-refractivity contribution in [3.8, 4) is 11.5 Å². The third-order valence-corrected chi connectivity index (χ3v) is 3.77. The Kier molecular flexibility index (Phi) is 6.89. The largest absolute Gasteiger partial charge is 0.495 e. The molecular weight excluding hydrogens is 426 g/mol. The highest BCUT2D eigenvalue weighted by Crippen LogP contribution is 2.29. The third-order valence-electron chi connectivity index (χ3n) is 2.54. The van der Waals surface area contributed by atoms with Crippen LogP contribution in [0.2, 0.25) is 0 Å². The summed E-state index contributed by atoms with van der Waals surface area (Å²) in [5.41, 5.74) is 11.3. The fourth-order valence-electron chi connectivity index (χ4n) is 1.42. The second-order valence-electron chi connectivity index (χ2n) is 4.02. The first kappa shape index (κ1) is 18.5. The van der Waals surface area contributed by atoms with Crippen molar-refractivity contribution < 1.29 is 18.3 Å². The Bertz CT molecular complexity index is 612. The van der Waals surface area contributed by atoms with Crippen LogP contribution in [-0.2, 0) is 0 Å². The molecule has 0 bridgehead atoms. The number of rotatable bonds is 2. The lowest BCUT2D eigenvalue weighted by atomic mass is 10.3. The molecule has 22 heavy (non-hydrogen) atoms. The van der Waals surface area contributed by atoms with Crippen LogP contribution in [0.4, 0.5) is 20.2 Å². The molecule has 0 saturated heterocycles. The number of ether oxygens (including phenoxy) is 2. The second kappa shape index (κ2) is 8.19. The highest BCUT2D eigenvalue weighted by atomic mass is 79.9. The number of nitrogens with two attached hydrogens (primary N) is 2. The number of benzene rings is 2. The van der Waals surface area contributed by atoms with E-state index in [9.17, 15) is 8.78 Å². The molecule has 0 aliphatic rings. The lowest BCUT2D eigenvalue weighted by molar-refractivity contribution is 0.409. The Morgan fingerprint density at radius 3 is 1.82 bits per heavy atom. The van der Waals surface area contributed by atoms with E-state index in [1.54, 1.807) is 0 Å². The Labute approximate surface area is 143 Å². The van der Waals surface area contributed by atoms with Crippen LogP contribution in [0.15, 0.2) is 33.2 Å². The fraction of sp³-hybridized carbons (Fsp3) is 0.143. The number of hydrogen-bond donors (Lipinski definition) is 2. The summed E-state index contributed by atoms with van der Waals surface area (Å²) in [6.45, 7) is 0. The first-order chi connectivity index (χ1) is 10.3. The van der Waals surface area contributed by atoms with Gasteiger partial charge in [-0.25, -0.2) is 8.78 Å². The number of methoxy groups -OCH3 is 2.